The number of hydrogen-bond donors (Lipinski definition) is 6. The number of phenols is 1. The van der Waals surface area contributed by atoms with Gasteiger partial charge in [0.2, 0.25) is 0 Å². The summed E-state index contributed by atoms with van der Waals surface area (Å²) in [5.41, 5.74) is 2.94. The second-order valence-electron chi connectivity index (χ2n) is 11.5. The van der Waals surface area contributed by atoms with Crippen molar-refractivity contribution in [1.82, 2.24) is 0 Å². The maximum absolute atomic E-state index is 13.0. The molecular formula is C28H29N5O21S6. The van der Waals surface area contributed by atoms with Gasteiger partial charge >= 0.3 is 20.8 Å². The average Bonchev–Trinajstić information content (AvgIpc) is 3.11. The molecule has 0 heterocycles. The fraction of sp³-hybridized carbons (Fsp3) is 0.214. The lowest BCUT2D eigenvalue weighted by molar-refractivity contribution is 0.282. The maximum atomic E-state index is 13.0. The first-order chi connectivity index (χ1) is 27.5. The number of aromatic hydroxyl groups is 1. The highest BCUT2D eigenvalue weighted by Crippen LogP contribution is 2.49. The predicted molar refractivity (Wildman–Crippen MR) is 203 cm³/mol. The van der Waals surface area contributed by atoms with Crippen molar-refractivity contribution in [3.63, 3.8) is 0 Å². The van der Waals surface area contributed by atoms with Crippen LogP contribution in [0.4, 0.5) is 28.4 Å². The lowest BCUT2D eigenvalue weighted by atomic mass is 10.1. The molecule has 0 aliphatic rings. The van der Waals surface area contributed by atoms with Gasteiger partial charge in [0, 0.05) is 12.1 Å². The number of nitrogen functional groups attached to an aromatic ring is 1. The van der Waals surface area contributed by atoms with Gasteiger partial charge in [-0.2, -0.15) is 38.8 Å². The minimum absolute atomic E-state index is 0.168. The molecule has 60 heavy (non-hydrogen) atoms. The highest BCUT2D eigenvalue weighted by atomic mass is 32.3. The summed E-state index contributed by atoms with van der Waals surface area (Å²) in [5, 5.41) is 25.2. The second-order valence-corrected chi connectivity index (χ2v) is 20.6. The Labute approximate surface area is 340 Å². The van der Waals surface area contributed by atoms with Crippen LogP contribution in [0.2, 0.25) is 0 Å². The smallest absolute Gasteiger partial charge is 0.397 e. The number of benzene rings is 4. The molecule has 0 aromatic heterocycles. The average molecular weight is 964 g/mol. The number of anilines is 1. The zero-order valence-electron chi connectivity index (χ0n) is 30.0. The molecule has 328 valence electrons. The quantitative estimate of drug-likeness (QED) is 0.0474. The fourth-order valence-corrected chi connectivity index (χ4v) is 9.41. The summed E-state index contributed by atoms with van der Waals surface area (Å²) in [6.07, 6.45) is 0. The molecule has 32 heteroatoms. The van der Waals surface area contributed by atoms with Crippen LogP contribution >= 0.6 is 0 Å². The molecule has 0 saturated heterocycles. The Hall–Kier alpha value is -5.00. The number of azo groups is 2. The third kappa shape index (κ3) is 11.6. The summed E-state index contributed by atoms with van der Waals surface area (Å²) in [6, 6.07) is 7.05. The Bertz CT molecular complexity index is 3100. The number of phenolic OH excluding ortho intramolecular Hbond substituents is 1. The van der Waals surface area contributed by atoms with Crippen LogP contribution < -0.4 is 15.2 Å². The molecule has 4 rings (SSSR count). The van der Waals surface area contributed by atoms with Gasteiger partial charge in [0.1, 0.15) is 43.2 Å². The standard InChI is InChI=1S/C28H29N5O21S6/c1-51-19-14-21(56(37,38)10-8-54-60(48,49)50)20(52-2)13-18(19)31-33-27-23(58(42,43)44)12-15-11-22(57(39,40)41)26(25(29)24(15)28(27)34)32-30-16-3-5-17(6-4-16)55(35,36)9-7-53-59(45,46)47/h3-6,11-14,34H,7-10,29H2,1-2H3,(H,39,40,41)(H,42,43,44)(H,45,46,47)(H,48,49,50)/b32-30+,33-31+. The van der Waals surface area contributed by atoms with Crippen LogP contribution in [-0.2, 0) is 69.1 Å². The minimum Gasteiger partial charge on any atom is -0.505 e. The van der Waals surface area contributed by atoms with Crippen LogP contribution in [0.5, 0.6) is 17.2 Å². The summed E-state index contributed by atoms with van der Waals surface area (Å²) in [7, 11) is -27.1. The number of methoxy groups -OCH3 is 2. The summed E-state index contributed by atoms with van der Waals surface area (Å²) >= 11 is 0. The van der Waals surface area contributed by atoms with E-state index in [2.05, 4.69) is 28.8 Å². The lowest BCUT2D eigenvalue weighted by Gasteiger charge is -2.14. The van der Waals surface area contributed by atoms with E-state index in [-0.39, 0.29) is 16.3 Å². The van der Waals surface area contributed by atoms with Crippen LogP contribution in [-0.4, -0.2) is 113 Å². The van der Waals surface area contributed by atoms with Gasteiger partial charge in [0.15, 0.2) is 25.4 Å². The first kappa shape index (κ1) is 47.7. The van der Waals surface area contributed by atoms with E-state index in [4.69, 9.17) is 24.3 Å². The Morgan fingerprint density at radius 2 is 1.07 bits per heavy atom. The number of nitrogens with two attached hydrogens (primary N) is 1. The van der Waals surface area contributed by atoms with E-state index in [1.165, 1.54) is 0 Å². The summed E-state index contributed by atoms with van der Waals surface area (Å²) in [4.78, 5) is -3.26. The molecule has 26 nitrogen and oxygen atoms in total. The summed E-state index contributed by atoms with van der Waals surface area (Å²) < 4.78 is 200. The van der Waals surface area contributed by atoms with Gasteiger partial charge in [0.25, 0.3) is 20.2 Å². The number of fused-ring (bicyclic) bond motifs is 1. The highest BCUT2D eigenvalue weighted by molar-refractivity contribution is 7.92. The van der Waals surface area contributed by atoms with Gasteiger partial charge in [-0.25, -0.2) is 25.2 Å². The topological polar surface area (TPSA) is 418 Å². The molecule has 0 amide bonds. The van der Waals surface area contributed by atoms with Crippen molar-refractivity contribution in [3.05, 3.63) is 48.5 Å². The fourth-order valence-electron chi connectivity index (χ4n) is 4.94. The molecule has 0 atom stereocenters. The van der Waals surface area contributed by atoms with Crippen LogP contribution in [0.3, 0.4) is 0 Å². The number of rotatable bonds is 18. The molecule has 0 radical (unpaired) electrons. The SMILES string of the molecule is COc1cc(S(=O)(=O)CCOS(=O)(=O)O)c(OC)cc1/N=N/c1c(S(=O)(=O)O)cc2cc(S(=O)(=O)O)c(/N=N/c3ccc(S(=O)(=O)CCOS(=O)(=O)O)cc3)c(N)c2c1O. The largest absolute Gasteiger partial charge is 0.505 e. The monoisotopic (exact) mass is 963 g/mol. The van der Waals surface area contributed by atoms with Gasteiger partial charge in [-0.05, 0) is 41.8 Å². The molecule has 0 saturated carbocycles. The van der Waals surface area contributed by atoms with Crippen molar-refractivity contribution >= 4 is 99.9 Å². The van der Waals surface area contributed by atoms with Gasteiger partial charge in [-0.15, -0.1) is 15.3 Å². The molecular weight excluding hydrogens is 935 g/mol. The van der Waals surface area contributed by atoms with E-state index in [0.717, 1.165) is 50.6 Å². The van der Waals surface area contributed by atoms with E-state index >= 15 is 0 Å². The van der Waals surface area contributed by atoms with Crippen LogP contribution in [0.15, 0.2) is 88.6 Å². The Morgan fingerprint density at radius 1 is 0.583 bits per heavy atom. The van der Waals surface area contributed by atoms with Crippen molar-refractivity contribution in [2.24, 2.45) is 20.5 Å². The molecule has 0 spiro atoms. The van der Waals surface area contributed by atoms with E-state index in [1.54, 1.807) is 0 Å². The number of nitrogens with zero attached hydrogens (tertiary/aromatic N) is 4. The van der Waals surface area contributed by atoms with Crippen molar-refractivity contribution in [2.75, 3.05) is 44.7 Å². The Kier molecular flexibility index (Phi) is 13.9. The lowest BCUT2D eigenvalue weighted by Crippen LogP contribution is -2.16. The molecule has 7 N–H and O–H groups in total. The van der Waals surface area contributed by atoms with E-state index in [1.807, 2.05) is 0 Å². The first-order valence-electron chi connectivity index (χ1n) is 15.4. The molecule has 0 bridgehead atoms. The normalized spacial score (nSPS) is 13.4. The molecule has 0 unspecified atom stereocenters. The van der Waals surface area contributed by atoms with Gasteiger partial charge < -0.3 is 20.3 Å². The number of ether oxygens (including phenoxy) is 2. The Balaban J connectivity index is 1.85. The molecule has 4 aromatic carbocycles. The third-order valence-electron chi connectivity index (χ3n) is 7.56. The highest BCUT2D eigenvalue weighted by Gasteiger charge is 2.29. The molecule has 0 fully saturated rings. The van der Waals surface area contributed by atoms with E-state index in [0.29, 0.717) is 12.1 Å². The van der Waals surface area contributed by atoms with E-state index < -0.39 is 145 Å². The second kappa shape index (κ2) is 17.5. The third-order valence-corrected chi connectivity index (χ3v) is 13.6. The van der Waals surface area contributed by atoms with Crippen molar-refractivity contribution < 1.29 is 91.7 Å². The van der Waals surface area contributed by atoms with Crippen molar-refractivity contribution in [1.29, 1.82) is 0 Å². The van der Waals surface area contributed by atoms with Crippen molar-refractivity contribution in [3.8, 4) is 17.2 Å². The maximum Gasteiger partial charge on any atom is 0.397 e. The number of sulfone groups is 2. The first-order valence-corrected chi connectivity index (χ1v) is 24.4. The van der Waals surface area contributed by atoms with Gasteiger partial charge in [-0.1, -0.05) is 0 Å². The zero-order chi connectivity index (χ0) is 45.2. The van der Waals surface area contributed by atoms with Gasteiger partial charge in [-0.3, -0.25) is 18.2 Å². The summed E-state index contributed by atoms with van der Waals surface area (Å²) in [5.74, 6) is -3.89. The van der Waals surface area contributed by atoms with E-state index in [9.17, 15) is 64.7 Å². The van der Waals surface area contributed by atoms with Crippen LogP contribution in [0.25, 0.3) is 10.8 Å². The van der Waals surface area contributed by atoms with Crippen LogP contribution in [0.1, 0.15) is 0 Å². The molecule has 0 aliphatic carbocycles. The predicted octanol–water partition coefficient (Wildman–Crippen LogP) is 2.66. The molecule has 4 aromatic rings. The van der Waals surface area contributed by atoms with Gasteiger partial charge in [0.05, 0.1) is 60.6 Å². The summed E-state index contributed by atoms with van der Waals surface area (Å²) in [6.45, 7) is -1.93. The molecule has 0 aliphatic heterocycles. The Morgan fingerprint density at radius 3 is 1.55 bits per heavy atom. The zero-order valence-corrected chi connectivity index (χ0v) is 34.9. The number of hydrogen-bond acceptors (Lipinski definition) is 22. The van der Waals surface area contributed by atoms with Crippen molar-refractivity contribution in [2.45, 2.75) is 19.6 Å². The minimum atomic E-state index is -5.37. The van der Waals surface area contributed by atoms with Crippen LogP contribution in [0, 0.1) is 0 Å².